The molecule has 0 aromatic heterocycles. The molecule has 1 nitrogen and oxygen atoms in total. The first-order valence-corrected chi connectivity index (χ1v) is 5.05. The monoisotopic (exact) mass is 195 g/mol. The SMILES string of the molecule is Cc1ccc(C2(N)CCC2)cc1Cl. The fraction of sp³-hybridized carbons (Fsp3) is 0.455. The molecule has 0 unspecified atom stereocenters. The lowest BCUT2D eigenvalue weighted by Crippen LogP contribution is -2.43. The van der Waals surface area contributed by atoms with Crippen LogP contribution in [0.3, 0.4) is 0 Å². The minimum Gasteiger partial charge on any atom is -0.321 e. The van der Waals surface area contributed by atoms with Crippen LogP contribution in [0.1, 0.15) is 30.4 Å². The number of hydrogen-bond donors (Lipinski definition) is 1. The van der Waals surface area contributed by atoms with Crippen molar-refractivity contribution in [2.45, 2.75) is 31.7 Å². The van der Waals surface area contributed by atoms with Crippen LogP contribution >= 0.6 is 11.6 Å². The molecule has 1 aromatic carbocycles. The van der Waals surface area contributed by atoms with Crippen LogP contribution in [-0.4, -0.2) is 0 Å². The summed E-state index contributed by atoms with van der Waals surface area (Å²) in [6.07, 6.45) is 3.42. The highest BCUT2D eigenvalue weighted by atomic mass is 35.5. The molecule has 0 radical (unpaired) electrons. The number of rotatable bonds is 1. The molecule has 0 spiro atoms. The van der Waals surface area contributed by atoms with Crippen molar-refractivity contribution in [1.82, 2.24) is 0 Å². The van der Waals surface area contributed by atoms with Crippen LogP contribution in [0.5, 0.6) is 0 Å². The van der Waals surface area contributed by atoms with Crippen LogP contribution in [0, 0.1) is 6.92 Å². The van der Waals surface area contributed by atoms with Gasteiger partial charge in [0.05, 0.1) is 0 Å². The fourth-order valence-electron chi connectivity index (χ4n) is 1.75. The smallest absolute Gasteiger partial charge is 0.0438 e. The maximum absolute atomic E-state index is 6.18. The molecular formula is C11H14ClN. The lowest BCUT2D eigenvalue weighted by Gasteiger charge is -2.38. The van der Waals surface area contributed by atoms with E-state index in [1.54, 1.807) is 0 Å². The van der Waals surface area contributed by atoms with E-state index >= 15 is 0 Å². The molecule has 1 saturated carbocycles. The van der Waals surface area contributed by atoms with E-state index in [0.717, 1.165) is 23.4 Å². The zero-order valence-electron chi connectivity index (χ0n) is 7.81. The summed E-state index contributed by atoms with van der Waals surface area (Å²) < 4.78 is 0. The Kier molecular flexibility index (Phi) is 2.09. The van der Waals surface area contributed by atoms with Gasteiger partial charge < -0.3 is 5.73 Å². The Morgan fingerprint density at radius 1 is 1.38 bits per heavy atom. The molecule has 0 bridgehead atoms. The van der Waals surface area contributed by atoms with Gasteiger partial charge >= 0.3 is 0 Å². The Balaban J connectivity index is 2.36. The molecule has 1 aliphatic carbocycles. The topological polar surface area (TPSA) is 26.0 Å². The molecule has 2 rings (SSSR count). The van der Waals surface area contributed by atoms with Crippen molar-refractivity contribution in [1.29, 1.82) is 0 Å². The quantitative estimate of drug-likeness (QED) is 0.733. The van der Waals surface area contributed by atoms with Gasteiger partial charge in [0.1, 0.15) is 0 Å². The zero-order chi connectivity index (χ0) is 9.47. The zero-order valence-corrected chi connectivity index (χ0v) is 8.56. The molecule has 2 heteroatoms. The average Bonchev–Trinajstić information content (AvgIpc) is 2.06. The standard InChI is InChI=1S/C11H14ClN/c1-8-3-4-9(7-10(8)12)11(13)5-2-6-11/h3-4,7H,2,5-6,13H2,1H3. The maximum atomic E-state index is 6.18. The summed E-state index contributed by atoms with van der Waals surface area (Å²) in [5.74, 6) is 0. The third kappa shape index (κ3) is 1.47. The van der Waals surface area contributed by atoms with Gasteiger partial charge in [-0.05, 0) is 43.4 Å². The molecule has 1 fully saturated rings. The number of hydrogen-bond acceptors (Lipinski definition) is 1. The highest BCUT2D eigenvalue weighted by Gasteiger charge is 2.34. The molecule has 0 saturated heterocycles. The van der Waals surface area contributed by atoms with E-state index in [-0.39, 0.29) is 5.54 Å². The van der Waals surface area contributed by atoms with Crippen LogP contribution in [0.2, 0.25) is 5.02 Å². The van der Waals surface area contributed by atoms with Crippen molar-refractivity contribution < 1.29 is 0 Å². The van der Waals surface area contributed by atoms with Crippen LogP contribution in [0.4, 0.5) is 0 Å². The van der Waals surface area contributed by atoms with Crippen molar-refractivity contribution in [3.63, 3.8) is 0 Å². The summed E-state index contributed by atoms with van der Waals surface area (Å²) in [6.45, 7) is 2.01. The number of aryl methyl sites for hydroxylation is 1. The minimum atomic E-state index is -0.0860. The van der Waals surface area contributed by atoms with Gasteiger partial charge in [-0.3, -0.25) is 0 Å². The van der Waals surface area contributed by atoms with Crippen molar-refractivity contribution >= 4 is 11.6 Å². The first-order valence-electron chi connectivity index (χ1n) is 4.67. The first-order chi connectivity index (χ1) is 6.12. The van der Waals surface area contributed by atoms with Crippen molar-refractivity contribution in [3.05, 3.63) is 34.3 Å². The van der Waals surface area contributed by atoms with E-state index in [0.29, 0.717) is 0 Å². The summed E-state index contributed by atoms with van der Waals surface area (Å²) in [4.78, 5) is 0. The average molecular weight is 196 g/mol. The second kappa shape index (κ2) is 3.00. The fourth-order valence-corrected chi connectivity index (χ4v) is 1.93. The molecule has 0 amide bonds. The molecule has 70 valence electrons. The first kappa shape index (κ1) is 9.04. The van der Waals surface area contributed by atoms with Crippen molar-refractivity contribution in [2.24, 2.45) is 5.73 Å². The minimum absolute atomic E-state index is 0.0860. The predicted octanol–water partition coefficient (Wildman–Crippen LogP) is 2.99. The van der Waals surface area contributed by atoms with Gasteiger partial charge in [-0.1, -0.05) is 23.7 Å². The third-order valence-corrected chi connectivity index (χ3v) is 3.40. The van der Waals surface area contributed by atoms with Gasteiger partial charge in [-0.15, -0.1) is 0 Å². The Morgan fingerprint density at radius 2 is 2.08 bits per heavy atom. The van der Waals surface area contributed by atoms with Gasteiger partial charge in [-0.2, -0.15) is 0 Å². The Bertz CT molecular complexity index is 329. The molecule has 0 atom stereocenters. The summed E-state index contributed by atoms with van der Waals surface area (Å²) in [5, 5.41) is 0.828. The number of halogens is 1. The molecular weight excluding hydrogens is 182 g/mol. The van der Waals surface area contributed by atoms with Gasteiger partial charge in [0.2, 0.25) is 0 Å². The molecule has 1 aliphatic rings. The van der Waals surface area contributed by atoms with E-state index in [9.17, 15) is 0 Å². The van der Waals surface area contributed by atoms with Crippen LogP contribution in [-0.2, 0) is 5.54 Å². The second-order valence-electron chi connectivity index (χ2n) is 3.97. The molecule has 13 heavy (non-hydrogen) atoms. The van der Waals surface area contributed by atoms with E-state index in [1.165, 1.54) is 12.0 Å². The molecule has 0 heterocycles. The largest absolute Gasteiger partial charge is 0.321 e. The van der Waals surface area contributed by atoms with Gasteiger partial charge in [0.25, 0.3) is 0 Å². The summed E-state index contributed by atoms with van der Waals surface area (Å²) in [6, 6.07) is 6.15. The Morgan fingerprint density at radius 3 is 2.54 bits per heavy atom. The lowest BCUT2D eigenvalue weighted by atomic mass is 9.73. The predicted molar refractivity (Wildman–Crippen MR) is 55.9 cm³/mol. The normalized spacial score (nSPS) is 19.6. The molecule has 2 N–H and O–H groups in total. The van der Waals surface area contributed by atoms with Crippen LogP contribution in [0.25, 0.3) is 0 Å². The van der Waals surface area contributed by atoms with Crippen LogP contribution in [0.15, 0.2) is 18.2 Å². The van der Waals surface area contributed by atoms with E-state index < -0.39 is 0 Å². The third-order valence-electron chi connectivity index (χ3n) is 2.99. The van der Waals surface area contributed by atoms with E-state index in [1.807, 2.05) is 19.1 Å². The number of nitrogens with two attached hydrogens (primary N) is 1. The highest BCUT2D eigenvalue weighted by molar-refractivity contribution is 6.31. The lowest BCUT2D eigenvalue weighted by molar-refractivity contribution is 0.253. The van der Waals surface area contributed by atoms with Crippen LogP contribution < -0.4 is 5.73 Å². The van der Waals surface area contributed by atoms with E-state index in [4.69, 9.17) is 17.3 Å². The molecule has 1 aromatic rings. The number of benzene rings is 1. The Hall–Kier alpha value is -0.530. The van der Waals surface area contributed by atoms with Gasteiger partial charge in [0.15, 0.2) is 0 Å². The van der Waals surface area contributed by atoms with Gasteiger partial charge in [0, 0.05) is 10.6 Å². The molecule has 0 aliphatic heterocycles. The highest BCUT2D eigenvalue weighted by Crippen LogP contribution is 2.39. The second-order valence-corrected chi connectivity index (χ2v) is 4.38. The summed E-state index contributed by atoms with van der Waals surface area (Å²) >= 11 is 6.05. The summed E-state index contributed by atoms with van der Waals surface area (Å²) in [7, 11) is 0. The summed E-state index contributed by atoms with van der Waals surface area (Å²) in [5.41, 5.74) is 8.41. The van der Waals surface area contributed by atoms with Crippen molar-refractivity contribution in [3.8, 4) is 0 Å². The van der Waals surface area contributed by atoms with E-state index in [2.05, 4.69) is 6.07 Å². The Labute approximate surface area is 83.9 Å². The maximum Gasteiger partial charge on any atom is 0.0438 e. The van der Waals surface area contributed by atoms with Crippen molar-refractivity contribution in [2.75, 3.05) is 0 Å². The van der Waals surface area contributed by atoms with Gasteiger partial charge in [-0.25, -0.2) is 0 Å².